The van der Waals surface area contributed by atoms with Crippen LogP contribution in [0.3, 0.4) is 0 Å². The van der Waals surface area contributed by atoms with E-state index in [9.17, 15) is 9.90 Å². The van der Waals surface area contributed by atoms with Crippen LogP contribution >= 0.6 is 11.6 Å². The lowest BCUT2D eigenvalue weighted by molar-refractivity contribution is 0.0791. The molecule has 0 bridgehead atoms. The third kappa shape index (κ3) is 1.27. The molecule has 2 N–H and O–H groups in total. The number of hydrogen-bond donors (Lipinski definition) is 2. The van der Waals surface area contributed by atoms with E-state index in [0.717, 1.165) is 4.90 Å². The monoisotopic (exact) mass is 207 g/mol. The minimum Gasteiger partial charge on any atom is -0.465 e. The molecule has 2 fully saturated rings. The lowest BCUT2D eigenvalue weighted by atomic mass is 10.1. The Kier molecular flexibility index (Phi) is 2.09. The van der Waals surface area contributed by atoms with E-state index < -0.39 is 18.2 Å². The number of carboxylic acid groups (broad SMARTS) is 1. The van der Waals surface area contributed by atoms with Crippen molar-refractivity contribution in [1.82, 2.24) is 4.90 Å². The van der Waals surface area contributed by atoms with Gasteiger partial charge in [0.2, 0.25) is 0 Å². The number of likely N-dealkylation sites (tertiary alicyclic amines) is 1. The Morgan fingerprint density at radius 1 is 1.62 bits per heavy atom. The van der Waals surface area contributed by atoms with Crippen molar-refractivity contribution in [2.75, 3.05) is 13.2 Å². The van der Waals surface area contributed by atoms with E-state index >= 15 is 0 Å². The fourth-order valence-electron chi connectivity index (χ4n) is 1.95. The molecule has 0 spiro atoms. The van der Waals surface area contributed by atoms with Crippen LogP contribution in [-0.4, -0.2) is 58.0 Å². The first-order valence-corrected chi connectivity index (χ1v) is 4.48. The van der Waals surface area contributed by atoms with Gasteiger partial charge in [-0.2, -0.15) is 0 Å². The van der Waals surface area contributed by atoms with Crippen LogP contribution in [0.15, 0.2) is 0 Å². The number of alkyl halides is 1. The fourth-order valence-corrected chi connectivity index (χ4v) is 2.32. The highest BCUT2D eigenvalue weighted by Crippen LogP contribution is 2.32. The van der Waals surface area contributed by atoms with Gasteiger partial charge < -0.3 is 14.9 Å². The number of amides is 1. The molecule has 2 aliphatic rings. The van der Waals surface area contributed by atoms with E-state index in [-0.39, 0.29) is 24.6 Å². The van der Waals surface area contributed by atoms with Gasteiger partial charge in [-0.3, -0.25) is 4.90 Å². The fraction of sp³-hybridized carbons (Fsp3) is 0.857. The van der Waals surface area contributed by atoms with Crippen LogP contribution in [0.5, 0.6) is 0 Å². The topological polar surface area (TPSA) is 70.0 Å². The zero-order valence-corrected chi connectivity index (χ0v) is 7.52. The third-order valence-corrected chi connectivity index (χ3v) is 2.91. The normalized spacial score (nSPS) is 43.7. The number of ether oxygens (including phenoxy) is 1. The van der Waals surface area contributed by atoms with Gasteiger partial charge in [-0.15, -0.1) is 11.6 Å². The molecule has 0 aliphatic carbocycles. The molecule has 74 valence electrons. The van der Waals surface area contributed by atoms with Gasteiger partial charge in [-0.25, -0.2) is 4.79 Å². The quantitative estimate of drug-likeness (QED) is 0.536. The zero-order valence-electron chi connectivity index (χ0n) is 6.76. The van der Waals surface area contributed by atoms with Gasteiger partial charge in [-0.05, 0) is 0 Å². The van der Waals surface area contributed by atoms with Gasteiger partial charge >= 0.3 is 6.09 Å². The second-order valence-electron chi connectivity index (χ2n) is 3.31. The van der Waals surface area contributed by atoms with E-state index in [1.165, 1.54) is 0 Å². The molecule has 4 atom stereocenters. The van der Waals surface area contributed by atoms with Gasteiger partial charge in [0.05, 0.1) is 24.1 Å². The van der Waals surface area contributed by atoms with Gasteiger partial charge in [0.25, 0.3) is 0 Å². The van der Waals surface area contributed by atoms with Crippen LogP contribution in [0.1, 0.15) is 0 Å². The Hall–Kier alpha value is -0.520. The Morgan fingerprint density at radius 2 is 2.31 bits per heavy atom. The average Bonchev–Trinajstić information content (AvgIpc) is 2.55. The summed E-state index contributed by atoms with van der Waals surface area (Å²) in [7, 11) is 0. The molecule has 0 saturated carbocycles. The number of hydrogen-bond acceptors (Lipinski definition) is 3. The Labute approximate surface area is 79.8 Å². The molecule has 2 rings (SSSR count). The summed E-state index contributed by atoms with van der Waals surface area (Å²) >= 11 is 5.88. The lowest BCUT2D eigenvalue weighted by Gasteiger charge is -2.21. The summed E-state index contributed by atoms with van der Waals surface area (Å²) in [5.41, 5.74) is 0. The van der Waals surface area contributed by atoms with E-state index in [2.05, 4.69) is 0 Å². The maximum atomic E-state index is 10.7. The highest BCUT2D eigenvalue weighted by atomic mass is 35.5. The van der Waals surface area contributed by atoms with Crippen molar-refractivity contribution < 1.29 is 19.7 Å². The maximum Gasteiger partial charge on any atom is 0.407 e. The molecule has 1 amide bonds. The second-order valence-corrected chi connectivity index (χ2v) is 3.87. The maximum absolute atomic E-state index is 10.7. The Balaban J connectivity index is 2.20. The largest absolute Gasteiger partial charge is 0.465 e. The van der Waals surface area contributed by atoms with Crippen molar-refractivity contribution in [3.63, 3.8) is 0 Å². The van der Waals surface area contributed by atoms with Crippen LogP contribution in [-0.2, 0) is 4.74 Å². The van der Waals surface area contributed by atoms with Crippen molar-refractivity contribution >= 4 is 17.7 Å². The van der Waals surface area contributed by atoms with Gasteiger partial charge in [0.1, 0.15) is 6.10 Å². The summed E-state index contributed by atoms with van der Waals surface area (Å²) in [5, 5.41) is 17.9. The minimum atomic E-state index is -1.05. The lowest BCUT2D eigenvalue weighted by Crippen LogP contribution is -2.43. The third-order valence-electron chi connectivity index (χ3n) is 2.52. The standard InChI is InChI=1S/C7H10ClNO4/c8-3-1-9(7(11)12)5-4(10)2-13-6(3)5/h3-6,10H,1-2H2,(H,11,12). The van der Waals surface area contributed by atoms with E-state index in [0.29, 0.717) is 0 Å². The molecule has 6 heteroatoms. The number of aliphatic hydroxyl groups is 1. The Morgan fingerprint density at radius 3 is 2.92 bits per heavy atom. The molecule has 13 heavy (non-hydrogen) atoms. The molecule has 2 saturated heterocycles. The molecular weight excluding hydrogens is 198 g/mol. The predicted octanol–water partition coefficient (Wildman–Crippen LogP) is -0.284. The molecule has 5 nitrogen and oxygen atoms in total. The first-order chi connectivity index (χ1) is 6.11. The smallest absolute Gasteiger partial charge is 0.407 e. The summed E-state index contributed by atoms with van der Waals surface area (Å²) < 4.78 is 5.19. The summed E-state index contributed by atoms with van der Waals surface area (Å²) in [6.07, 6.45) is -2.15. The number of carbonyl (C=O) groups is 1. The minimum absolute atomic E-state index is 0.169. The molecule has 0 aromatic carbocycles. The second kappa shape index (κ2) is 3.01. The number of halogens is 1. The van der Waals surface area contributed by atoms with Gasteiger partial charge in [0, 0.05) is 6.54 Å². The van der Waals surface area contributed by atoms with E-state index in [4.69, 9.17) is 21.4 Å². The first-order valence-electron chi connectivity index (χ1n) is 4.04. The number of aliphatic hydroxyl groups excluding tert-OH is 1. The highest BCUT2D eigenvalue weighted by molar-refractivity contribution is 6.21. The summed E-state index contributed by atoms with van der Waals surface area (Å²) in [6, 6.07) is -0.486. The van der Waals surface area contributed by atoms with Crippen molar-refractivity contribution in [2.24, 2.45) is 0 Å². The first kappa shape index (κ1) is 9.05. The molecule has 2 heterocycles. The van der Waals surface area contributed by atoms with Crippen molar-refractivity contribution in [3.8, 4) is 0 Å². The summed E-state index contributed by atoms with van der Waals surface area (Å²) in [4.78, 5) is 11.9. The molecule has 4 unspecified atom stereocenters. The molecule has 0 aromatic heterocycles. The SMILES string of the molecule is O=C(O)N1CC(Cl)C2OCC(O)C21. The van der Waals surface area contributed by atoms with Crippen molar-refractivity contribution in [3.05, 3.63) is 0 Å². The van der Waals surface area contributed by atoms with Gasteiger partial charge in [-0.1, -0.05) is 0 Å². The van der Waals surface area contributed by atoms with E-state index in [1.54, 1.807) is 0 Å². The van der Waals surface area contributed by atoms with Crippen molar-refractivity contribution in [2.45, 2.75) is 23.6 Å². The van der Waals surface area contributed by atoms with Gasteiger partial charge in [0.15, 0.2) is 0 Å². The van der Waals surface area contributed by atoms with Crippen LogP contribution in [0.2, 0.25) is 0 Å². The molecule has 0 radical (unpaired) electrons. The van der Waals surface area contributed by atoms with E-state index in [1.807, 2.05) is 0 Å². The van der Waals surface area contributed by atoms with Crippen LogP contribution < -0.4 is 0 Å². The van der Waals surface area contributed by atoms with Crippen LogP contribution in [0.4, 0.5) is 4.79 Å². The Bertz CT molecular complexity index is 237. The average molecular weight is 208 g/mol. The number of fused-ring (bicyclic) bond motifs is 1. The highest BCUT2D eigenvalue weighted by Gasteiger charge is 2.51. The zero-order chi connectivity index (χ0) is 9.59. The summed E-state index contributed by atoms with van der Waals surface area (Å²) in [6.45, 7) is 0.394. The predicted molar refractivity (Wildman–Crippen MR) is 43.9 cm³/mol. The molecule has 0 aromatic rings. The number of rotatable bonds is 0. The van der Waals surface area contributed by atoms with Crippen molar-refractivity contribution in [1.29, 1.82) is 0 Å². The van der Waals surface area contributed by atoms with Crippen LogP contribution in [0, 0.1) is 0 Å². The van der Waals surface area contributed by atoms with Crippen LogP contribution in [0.25, 0.3) is 0 Å². The molecular formula is C7H10ClNO4. The summed E-state index contributed by atoms with van der Waals surface area (Å²) in [5.74, 6) is 0. The molecule has 2 aliphatic heterocycles. The number of nitrogens with zero attached hydrogens (tertiary/aromatic N) is 1.